The Morgan fingerprint density at radius 1 is 1.13 bits per heavy atom. The van der Waals surface area contributed by atoms with Crippen molar-refractivity contribution in [2.24, 2.45) is 5.92 Å². The van der Waals surface area contributed by atoms with Gasteiger partial charge in [-0.05, 0) is 50.1 Å². The number of benzene rings is 1. The second kappa shape index (κ2) is 15.3. The summed E-state index contributed by atoms with van der Waals surface area (Å²) in [4.78, 5) is 60.4. The Balaban J connectivity index is 2.14. The maximum Gasteiger partial charge on any atom is 0.356 e. The smallest absolute Gasteiger partial charge is 0.356 e. The van der Waals surface area contributed by atoms with E-state index in [0.29, 0.717) is 29.2 Å². The fourth-order valence-corrected chi connectivity index (χ4v) is 4.75. The van der Waals surface area contributed by atoms with Crippen molar-refractivity contribution in [3.05, 3.63) is 42.1 Å². The summed E-state index contributed by atoms with van der Waals surface area (Å²) < 4.78 is 17.3. The minimum Gasteiger partial charge on any atom is -0.494 e. The lowest BCUT2D eigenvalue weighted by atomic mass is 9.90. The molecule has 13 heteroatoms. The minimum absolute atomic E-state index is 0.0229. The molecule has 0 spiro atoms. The fourth-order valence-electron chi connectivity index (χ4n) is 4.15. The number of carbonyl (C=O) groups excluding carboxylic acids is 3. The van der Waals surface area contributed by atoms with Crippen LogP contribution < -0.4 is 20.7 Å². The van der Waals surface area contributed by atoms with Gasteiger partial charge in [-0.1, -0.05) is 39.2 Å². The highest BCUT2D eigenvalue weighted by molar-refractivity contribution is 7.60. The van der Waals surface area contributed by atoms with E-state index in [-0.39, 0.29) is 36.4 Å². The van der Waals surface area contributed by atoms with Gasteiger partial charge in [0.2, 0.25) is 12.3 Å². The Hall–Kier alpha value is -3.31. The molecule has 0 aliphatic rings. The van der Waals surface area contributed by atoms with Crippen LogP contribution >= 0.6 is 7.60 Å². The molecule has 0 unspecified atom stereocenters. The van der Waals surface area contributed by atoms with E-state index in [0.717, 1.165) is 19.3 Å². The summed E-state index contributed by atoms with van der Waals surface area (Å²) in [5.41, 5.74) is 0.669. The van der Waals surface area contributed by atoms with Crippen molar-refractivity contribution in [3.63, 3.8) is 0 Å². The van der Waals surface area contributed by atoms with E-state index in [1.165, 1.54) is 18.2 Å². The van der Waals surface area contributed by atoms with Crippen molar-refractivity contribution < 1.29 is 38.7 Å². The fraction of sp³-hybridized carbons (Fsp3) is 0.462. The number of hydrogen-bond acceptors (Lipinski definition) is 7. The minimum atomic E-state index is -4.57. The predicted octanol–water partition coefficient (Wildman–Crippen LogP) is 2.58. The predicted molar refractivity (Wildman–Crippen MR) is 144 cm³/mol. The summed E-state index contributed by atoms with van der Waals surface area (Å²) in [6.45, 7) is 5.62. The van der Waals surface area contributed by atoms with Gasteiger partial charge in [-0.25, -0.2) is 10.0 Å². The first-order chi connectivity index (χ1) is 18.5. The van der Waals surface area contributed by atoms with Crippen LogP contribution in [0.25, 0.3) is 11.3 Å². The van der Waals surface area contributed by atoms with E-state index in [4.69, 9.17) is 4.74 Å². The standard InChI is InChI=1S/C26H37N4O8P/c1-4-7-8-10-21(24(5-2)30(34)17-31)25(32)27-16-28-26(33)23-12-9-11-22(29-23)18-13-19(38-6-3)15-20(14-18)39(35,36)37/h9,11-15,17,21,24,34H,4-8,10,16H2,1-3H3,(H,27,32)(H,28,33)(H2,35,36,37)/t21-,24-/m1/s1. The molecule has 3 amide bonds. The number of pyridine rings is 1. The highest BCUT2D eigenvalue weighted by atomic mass is 31.2. The Labute approximate surface area is 227 Å². The van der Waals surface area contributed by atoms with Crippen LogP contribution in [-0.4, -0.2) is 62.6 Å². The summed E-state index contributed by atoms with van der Waals surface area (Å²) in [6.07, 6.45) is 3.71. The van der Waals surface area contributed by atoms with E-state index in [1.807, 2.05) is 6.92 Å². The maximum absolute atomic E-state index is 12.9. The molecule has 1 aromatic heterocycles. The lowest BCUT2D eigenvalue weighted by molar-refractivity contribution is -0.168. The molecule has 0 radical (unpaired) electrons. The number of nitrogens with zero attached hydrogens (tertiary/aromatic N) is 2. The average molecular weight is 565 g/mol. The van der Waals surface area contributed by atoms with Crippen LogP contribution in [0.3, 0.4) is 0 Å². The number of amides is 3. The second-order valence-electron chi connectivity index (χ2n) is 8.89. The number of hydrogen-bond donors (Lipinski definition) is 5. The normalized spacial score (nSPS) is 12.8. The van der Waals surface area contributed by atoms with E-state index >= 15 is 0 Å². The lowest BCUT2D eigenvalue weighted by Crippen LogP contribution is -2.47. The molecule has 214 valence electrons. The van der Waals surface area contributed by atoms with Crippen LogP contribution in [0.5, 0.6) is 5.75 Å². The van der Waals surface area contributed by atoms with Gasteiger partial charge >= 0.3 is 7.60 Å². The van der Waals surface area contributed by atoms with Crippen LogP contribution in [0.1, 0.15) is 63.4 Å². The Bertz CT molecular complexity index is 1170. The van der Waals surface area contributed by atoms with Crippen LogP contribution in [0, 0.1) is 5.92 Å². The van der Waals surface area contributed by atoms with E-state index in [9.17, 15) is 33.9 Å². The Morgan fingerprint density at radius 3 is 2.49 bits per heavy atom. The molecular weight excluding hydrogens is 527 g/mol. The summed E-state index contributed by atoms with van der Waals surface area (Å²) in [5, 5.41) is 15.4. The molecule has 0 bridgehead atoms. The van der Waals surface area contributed by atoms with Crippen LogP contribution in [0.2, 0.25) is 0 Å². The van der Waals surface area contributed by atoms with Crippen molar-refractivity contribution in [3.8, 4) is 17.0 Å². The van der Waals surface area contributed by atoms with Gasteiger partial charge in [-0.3, -0.25) is 24.2 Å². The molecule has 1 heterocycles. The van der Waals surface area contributed by atoms with Crippen LogP contribution in [0.15, 0.2) is 36.4 Å². The summed E-state index contributed by atoms with van der Waals surface area (Å²) in [5.74, 6) is -1.39. The maximum atomic E-state index is 12.9. The molecule has 0 saturated heterocycles. The number of ether oxygens (including phenoxy) is 1. The molecule has 0 fully saturated rings. The highest BCUT2D eigenvalue weighted by Crippen LogP contribution is 2.36. The zero-order valence-electron chi connectivity index (χ0n) is 22.4. The molecule has 0 saturated carbocycles. The zero-order valence-corrected chi connectivity index (χ0v) is 23.3. The number of nitrogens with one attached hydrogen (secondary N) is 2. The molecule has 1 aromatic carbocycles. The van der Waals surface area contributed by atoms with Gasteiger partial charge in [0, 0.05) is 5.56 Å². The third-order valence-electron chi connectivity index (χ3n) is 6.11. The first-order valence-electron chi connectivity index (χ1n) is 12.8. The molecule has 0 aliphatic heterocycles. The molecule has 39 heavy (non-hydrogen) atoms. The number of hydroxylamine groups is 2. The summed E-state index contributed by atoms with van der Waals surface area (Å²) in [7, 11) is -4.57. The van der Waals surface area contributed by atoms with Gasteiger partial charge < -0.3 is 25.2 Å². The largest absolute Gasteiger partial charge is 0.494 e. The number of unbranched alkanes of at least 4 members (excludes halogenated alkanes) is 2. The first kappa shape index (κ1) is 31.9. The van der Waals surface area contributed by atoms with Crippen molar-refractivity contribution >= 4 is 31.1 Å². The molecular formula is C26H37N4O8P. The molecule has 2 aromatic rings. The van der Waals surface area contributed by atoms with Crippen LogP contribution in [-0.2, 0) is 14.2 Å². The number of rotatable bonds is 16. The van der Waals surface area contributed by atoms with E-state index in [1.54, 1.807) is 32.0 Å². The first-order valence-corrected chi connectivity index (χ1v) is 14.5. The third-order valence-corrected chi connectivity index (χ3v) is 7.04. The lowest BCUT2D eigenvalue weighted by Gasteiger charge is -2.29. The van der Waals surface area contributed by atoms with E-state index < -0.39 is 31.4 Å². The highest BCUT2D eigenvalue weighted by Gasteiger charge is 2.30. The molecule has 2 rings (SSSR count). The van der Waals surface area contributed by atoms with Gasteiger partial charge in [-0.15, -0.1) is 0 Å². The zero-order chi connectivity index (χ0) is 29.0. The van der Waals surface area contributed by atoms with Gasteiger partial charge in [0.05, 0.1) is 36.2 Å². The number of aromatic nitrogens is 1. The van der Waals surface area contributed by atoms with Crippen molar-refractivity contribution in [1.29, 1.82) is 0 Å². The Morgan fingerprint density at radius 2 is 1.87 bits per heavy atom. The Kier molecular flexibility index (Phi) is 12.5. The van der Waals surface area contributed by atoms with Crippen molar-refractivity contribution in [1.82, 2.24) is 20.7 Å². The third kappa shape index (κ3) is 9.43. The van der Waals surface area contributed by atoms with E-state index in [2.05, 4.69) is 15.6 Å². The second-order valence-corrected chi connectivity index (χ2v) is 10.5. The average Bonchev–Trinajstić information content (AvgIpc) is 2.91. The summed E-state index contributed by atoms with van der Waals surface area (Å²) in [6, 6.07) is 8.05. The van der Waals surface area contributed by atoms with Gasteiger partial charge in [0.25, 0.3) is 5.91 Å². The topological polar surface area (TPSA) is 178 Å². The quantitative estimate of drug-likeness (QED) is 0.0512. The van der Waals surface area contributed by atoms with Gasteiger partial charge in [0.1, 0.15) is 11.4 Å². The van der Waals surface area contributed by atoms with Gasteiger partial charge in [0.15, 0.2) is 0 Å². The van der Waals surface area contributed by atoms with Crippen molar-refractivity contribution in [2.75, 3.05) is 13.3 Å². The molecule has 0 aliphatic carbocycles. The van der Waals surface area contributed by atoms with Crippen LogP contribution in [0.4, 0.5) is 0 Å². The SMILES string of the molecule is CCCCC[C@@H](C(=O)NCNC(=O)c1cccc(-c2cc(OCC)cc(P(=O)(O)O)c2)n1)[C@@H](CC)N(O)C=O. The number of carbonyl (C=O) groups is 3. The molecule has 12 nitrogen and oxygen atoms in total. The van der Waals surface area contributed by atoms with Crippen molar-refractivity contribution in [2.45, 2.75) is 58.9 Å². The van der Waals surface area contributed by atoms with Gasteiger partial charge in [-0.2, -0.15) is 0 Å². The molecule has 5 N–H and O–H groups in total. The summed E-state index contributed by atoms with van der Waals surface area (Å²) >= 11 is 0. The molecule has 2 atom stereocenters. The monoisotopic (exact) mass is 564 g/mol.